The molecule has 0 atom stereocenters. The molecule has 0 bridgehead atoms. The van der Waals surface area contributed by atoms with Crippen LogP contribution in [-0.2, 0) is 19.0 Å². The molecule has 1 saturated heterocycles. The summed E-state index contributed by atoms with van der Waals surface area (Å²) in [5.74, 6) is 0.0225. The largest absolute Gasteiger partial charge is 0.465 e. The van der Waals surface area contributed by atoms with Gasteiger partial charge in [0.25, 0.3) is 0 Å². The van der Waals surface area contributed by atoms with Crippen LogP contribution in [0.15, 0.2) is 48.6 Å². The molecule has 0 unspecified atom stereocenters. The van der Waals surface area contributed by atoms with E-state index >= 15 is 0 Å². The van der Waals surface area contributed by atoms with Crippen molar-refractivity contribution in [1.82, 2.24) is 4.90 Å². The van der Waals surface area contributed by atoms with E-state index < -0.39 is 0 Å². The van der Waals surface area contributed by atoms with E-state index in [1.54, 1.807) is 0 Å². The van der Waals surface area contributed by atoms with Crippen LogP contribution in [0.4, 0.5) is 0 Å². The minimum absolute atomic E-state index is 0.0826. The van der Waals surface area contributed by atoms with E-state index in [1.807, 2.05) is 0 Å². The fourth-order valence-electron chi connectivity index (χ4n) is 6.36. The molecule has 302 valence electrons. The first-order valence-corrected chi connectivity index (χ1v) is 22.4. The molecule has 1 aliphatic rings. The van der Waals surface area contributed by atoms with E-state index in [-0.39, 0.29) is 11.9 Å². The predicted molar refractivity (Wildman–Crippen MR) is 225 cm³/mol. The Morgan fingerprint density at radius 3 is 1.37 bits per heavy atom. The zero-order valence-electron chi connectivity index (χ0n) is 34.5. The van der Waals surface area contributed by atoms with E-state index in [1.165, 1.54) is 148 Å². The van der Waals surface area contributed by atoms with Gasteiger partial charge in [-0.15, -0.1) is 0 Å². The lowest BCUT2D eigenvalue weighted by Gasteiger charge is -2.30. The minimum Gasteiger partial charge on any atom is -0.465 e. The highest BCUT2D eigenvalue weighted by Crippen LogP contribution is 2.12. The monoisotopic (exact) mass is 728 g/mol. The standard InChI is InChI=1S/C47H85NO4/c1-3-5-7-9-11-13-15-17-19-21-23-25-27-29-31-33-41-50-43-46(45-52-47(49)37-35-38-48-39-36-40-48)44-51-42-34-32-30-28-26-24-22-20-18-16-14-12-10-8-6-4-2/h11-14,17-20,46H,3-10,15-16,21-45H2,1-2H3/b13-11-,14-12-,19-17-,20-18-. The molecule has 0 aromatic heterocycles. The topological polar surface area (TPSA) is 48.0 Å². The second-order valence-electron chi connectivity index (χ2n) is 15.2. The second-order valence-corrected chi connectivity index (χ2v) is 15.2. The van der Waals surface area contributed by atoms with Gasteiger partial charge in [0.05, 0.1) is 19.8 Å². The normalized spacial score (nSPS) is 13.9. The van der Waals surface area contributed by atoms with Crippen LogP contribution in [0, 0.1) is 5.92 Å². The first-order valence-electron chi connectivity index (χ1n) is 22.4. The van der Waals surface area contributed by atoms with Crippen molar-refractivity contribution in [3.05, 3.63) is 48.6 Å². The molecule has 5 nitrogen and oxygen atoms in total. The van der Waals surface area contributed by atoms with E-state index in [2.05, 4.69) is 67.4 Å². The Morgan fingerprint density at radius 2 is 0.942 bits per heavy atom. The lowest BCUT2D eigenvalue weighted by atomic mass is 10.1. The van der Waals surface area contributed by atoms with Crippen LogP contribution in [0.3, 0.4) is 0 Å². The molecule has 1 heterocycles. The third kappa shape index (κ3) is 35.3. The van der Waals surface area contributed by atoms with E-state index in [0.717, 1.165) is 51.9 Å². The Hall–Kier alpha value is -1.69. The van der Waals surface area contributed by atoms with Crippen LogP contribution in [0.25, 0.3) is 0 Å². The predicted octanol–water partition coefficient (Wildman–Crippen LogP) is 13.3. The van der Waals surface area contributed by atoms with Crippen molar-refractivity contribution < 1.29 is 19.0 Å². The number of likely N-dealkylation sites (tertiary alicyclic amines) is 1. The van der Waals surface area contributed by atoms with Gasteiger partial charge in [-0.05, 0) is 110 Å². The molecular weight excluding hydrogens is 643 g/mol. The SMILES string of the molecule is CCCCC/C=C\C/C=C\CCCCCCCCOCC(COCCCCCCCC/C=C\C/C=C\CCCCC)COC(=O)CCCN1CCC1. The number of allylic oxidation sites excluding steroid dienone is 8. The molecule has 0 amide bonds. The third-order valence-electron chi connectivity index (χ3n) is 9.97. The first-order chi connectivity index (χ1) is 25.8. The van der Waals surface area contributed by atoms with Gasteiger partial charge in [0, 0.05) is 25.6 Å². The van der Waals surface area contributed by atoms with Gasteiger partial charge in [0.2, 0.25) is 0 Å². The van der Waals surface area contributed by atoms with Gasteiger partial charge in [-0.2, -0.15) is 0 Å². The van der Waals surface area contributed by atoms with Gasteiger partial charge in [0.15, 0.2) is 0 Å². The number of unbranched alkanes of at least 4 members (excludes halogenated alkanes) is 18. The van der Waals surface area contributed by atoms with Crippen LogP contribution in [0.1, 0.15) is 187 Å². The van der Waals surface area contributed by atoms with Gasteiger partial charge >= 0.3 is 5.97 Å². The molecular formula is C47H85NO4. The van der Waals surface area contributed by atoms with Crippen LogP contribution in [-0.4, -0.2) is 63.5 Å². The summed E-state index contributed by atoms with van der Waals surface area (Å²) in [6.07, 6.45) is 51.3. The van der Waals surface area contributed by atoms with Crippen molar-refractivity contribution in [2.24, 2.45) is 5.92 Å². The van der Waals surface area contributed by atoms with Gasteiger partial charge in [-0.1, -0.05) is 140 Å². The Morgan fingerprint density at radius 1 is 0.519 bits per heavy atom. The van der Waals surface area contributed by atoms with Crippen molar-refractivity contribution in [2.45, 2.75) is 187 Å². The maximum absolute atomic E-state index is 12.4. The molecule has 0 radical (unpaired) electrons. The second kappa shape index (κ2) is 40.5. The smallest absolute Gasteiger partial charge is 0.305 e. The number of nitrogens with zero attached hydrogens (tertiary/aromatic N) is 1. The zero-order valence-corrected chi connectivity index (χ0v) is 34.5. The molecule has 0 aliphatic carbocycles. The van der Waals surface area contributed by atoms with E-state index in [4.69, 9.17) is 14.2 Å². The molecule has 1 fully saturated rings. The highest BCUT2D eigenvalue weighted by atomic mass is 16.5. The Labute approximate surface area is 323 Å². The molecule has 0 saturated carbocycles. The lowest BCUT2D eigenvalue weighted by Crippen LogP contribution is -2.37. The molecule has 1 rings (SSSR count). The maximum Gasteiger partial charge on any atom is 0.305 e. The Kier molecular flexibility index (Phi) is 37.6. The number of ether oxygens (including phenoxy) is 3. The number of hydrogen-bond acceptors (Lipinski definition) is 5. The number of rotatable bonds is 40. The summed E-state index contributed by atoms with van der Waals surface area (Å²) in [5.41, 5.74) is 0. The van der Waals surface area contributed by atoms with Gasteiger partial charge in [-0.25, -0.2) is 0 Å². The van der Waals surface area contributed by atoms with Gasteiger partial charge in [-0.3, -0.25) is 4.79 Å². The summed E-state index contributed by atoms with van der Waals surface area (Å²) >= 11 is 0. The molecule has 0 aromatic carbocycles. The summed E-state index contributed by atoms with van der Waals surface area (Å²) < 4.78 is 17.8. The minimum atomic E-state index is -0.0826. The fourth-order valence-corrected chi connectivity index (χ4v) is 6.36. The Bertz CT molecular complexity index is 809. The average molecular weight is 728 g/mol. The number of carbonyl (C=O) groups is 1. The number of hydrogen-bond donors (Lipinski definition) is 0. The first kappa shape index (κ1) is 48.3. The molecule has 52 heavy (non-hydrogen) atoms. The Balaban J connectivity index is 2.09. The highest BCUT2D eigenvalue weighted by Gasteiger charge is 2.16. The van der Waals surface area contributed by atoms with Crippen molar-refractivity contribution in [3.63, 3.8) is 0 Å². The molecule has 0 aromatic rings. The maximum atomic E-state index is 12.4. The van der Waals surface area contributed by atoms with Gasteiger partial charge in [0.1, 0.15) is 0 Å². The van der Waals surface area contributed by atoms with Crippen molar-refractivity contribution in [1.29, 1.82) is 0 Å². The molecule has 1 aliphatic heterocycles. The average Bonchev–Trinajstić information content (AvgIpc) is 3.13. The lowest BCUT2D eigenvalue weighted by molar-refractivity contribution is -0.146. The summed E-state index contributed by atoms with van der Waals surface area (Å²) in [4.78, 5) is 14.8. The van der Waals surface area contributed by atoms with E-state index in [0.29, 0.717) is 26.2 Å². The van der Waals surface area contributed by atoms with Crippen LogP contribution in [0.2, 0.25) is 0 Å². The van der Waals surface area contributed by atoms with Crippen LogP contribution in [0.5, 0.6) is 0 Å². The summed E-state index contributed by atoms with van der Waals surface area (Å²) in [6.45, 7) is 11.0. The summed E-state index contributed by atoms with van der Waals surface area (Å²) in [7, 11) is 0. The van der Waals surface area contributed by atoms with Crippen LogP contribution >= 0.6 is 0 Å². The fraction of sp³-hybridized carbons (Fsp3) is 0.809. The van der Waals surface area contributed by atoms with Crippen molar-refractivity contribution in [3.8, 4) is 0 Å². The zero-order chi connectivity index (χ0) is 37.3. The van der Waals surface area contributed by atoms with Crippen molar-refractivity contribution >= 4 is 5.97 Å². The molecule has 0 N–H and O–H groups in total. The molecule has 0 spiro atoms. The van der Waals surface area contributed by atoms with E-state index in [9.17, 15) is 4.79 Å². The quantitative estimate of drug-likeness (QED) is 0.0357. The van der Waals surface area contributed by atoms with Gasteiger partial charge < -0.3 is 19.1 Å². The van der Waals surface area contributed by atoms with Crippen LogP contribution < -0.4 is 0 Å². The number of carbonyl (C=O) groups excluding carboxylic acids is 1. The third-order valence-corrected chi connectivity index (χ3v) is 9.97. The summed E-state index contributed by atoms with van der Waals surface area (Å²) in [6, 6.07) is 0. The highest BCUT2D eigenvalue weighted by molar-refractivity contribution is 5.69. The molecule has 5 heteroatoms. The van der Waals surface area contributed by atoms with Crippen molar-refractivity contribution in [2.75, 3.05) is 52.7 Å². The number of esters is 1. The summed E-state index contributed by atoms with van der Waals surface area (Å²) in [5, 5.41) is 0.